The molecule has 1 aromatic carbocycles. The molecule has 1 fully saturated rings. The summed E-state index contributed by atoms with van der Waals surface area (Å²) >= 11 is 0. The number of hydrogen-bond acceptors (Lipinski definition) is 2. The zero-order valence-electron chi connectivity index (χ0n) is 12.3. The van der Waals surface area contributed by atoms with E-state index in [9.17, 15) is 9.59 Å². The van der Waals surface area contributed by atoms with Crippen LogP contribution in [0.5, 0.6) is 0 Å². The van der Waals surface area contributed by atoms with E-state index < -0.39 is 0 Å². The number of benzene rings is 1. The van der Waals surface area contributed by atoms with Crippen molar-refractivity contribution in [2.24, 2.45) is 11.8 Å². The van der Waals surface area contributed by atoms with E-state index in [0.29, 0.717) is 17.4 Å². The fraction of sp³-hybridized carbons (Fsp3) is 0.500. The minimum absolute atomic E-state index is 0.0813. The number of carbonyl (C=O) groups excluding carboxylic acids is 2. The monoisotopic (exact) mass is 274 g/mol. The van der Waals surface area contributed by atoms with Crippen LogP contribution in [0.25, 0.3) is 0 Å². The van der Waals surface area contributed by atoms with E-state index in [4.69, 9.17) is 0 Å². The number of nitrogens with one attached hydrogen (secondary N) is 1. The number of carbonyl (C=O) groups is 2. The summed E-state index contributed by atoms with van der Waals surface area (Å²) in [6.07, 6.45) is 1.19. The van der Waals surface area contributed by atoms with Crippen LogP contribution in [0.2, 0.25) is 0 Å². The van der Waals surface area contributed by atoms with Gasteiger partial charge in [0.15, 0.2) is 0 Å². The molecule has 1 saturated heterocycles. The van der Waals surface area contributed by atoms with Crippen LogP contribution >= 0.6 is 0 Å². The second-order valence-corrected chi connectivity index (χ2v) is 5.91. The molecule has 1 aliphatic rings. The Bertz CT molecular complexity index is 486. The molecule has 1 heterocycles. The number of anilines is 1. The summed E-state index contributed by atoms with van der Waals surface area (Å²) < 4.78 is 0. The van der Waals surface area contributed by atoms with E-state index in [2.05, 4.69) is 19.2 Å². The van der Waals surface area contributed by atoms with Crippen molar-refractivity contribution >= 4 is 17.5 Å². The van der Waals surface area contributed by atoms with Crippen LogP contribution in [-0.2, 0) is 4.79 Å². The second kappa shape index (κ2) is 6.07. The number of likely N-dealkylation sites (tertiary alicyclic amines) is 1. The normalized spacial score (nSPS) is 22.4. The van der Waals surface area contributed by atoms with Crippen LogP contribution in [0.4, 0.5) is 5.69 Å². The Kier molecular flexibility index (Phi) is 4.42. The highest BCUT2D eigenvalue weighted by Gasteiger charge is 2.25. The Balaban J connectivity index is 2.07. The van der Waals surface area contributed by atoms with Crippen LogP contribution < -0.4 is 5.32 Å². The lowest BCUT2D eigenvalue weighted by molar-refractivity contribution is -0.114. The predicted octanol–water partition coefficient (Wildman–Crippen LogP) is 2.76. The minimum Gasteiger partial charge on any atom is -0.338 e. The van der Waals surface area contributed by atoms with E-state index >= 15 is 0 Å². The summed E-state index contributed by atoms with van der Waals surface area (Å²) in [4.78, 5) is 25.4. The molecule has 4 nitrogen and oxygen atoms in total. The molecule has 0 aliphatic carbocycles. The third-order valence-electron chi connectivity index (χ3n) is 3.61. The van der Waals surface area contributed by atoms with Crippen molar-refractivity contribution in [1.29, 1.82) is 0 Å². The molecular formula is C16H22N2O2. The number of amides is 2. The van der Waals surface area contributed by atoms with Gasteiger partial charge in [0.2, 0.25) is 5.91 Å². The highest BCUT2D eigenvalue weighted by Crippen LogP contribution is 2.22. The maximum Gasteiger partial charge on any atom is 0.253 e. The zero-order chi connectivity index (χ0) is 14.7. The molecule has 0 bridgehead atoms. The van der Waals surface area contributed by atoms with Crippen LogP contribution in [-0.4, -0.2) is 29.8 Å². The minimum atomic E-state index is -0.109. The average Bonchev–Trinajstić information content (AvgIpc) is 2.37. The third kappa shape index (κ3) is 3.59. The Labute approximate surface area is 120 Å². The van der Waals surface area contributed by atoms with Crippen LogP contribution in [0.1, 0.15) is 37.6 Å². The van der Waals surface area contributed by atoms with Crippen molar-refractivity contribution in [3.63, 3.8) is 0 Å². The molecule has 2 amide bonds. The summed E-state index contributed by atoms with van der Waals surface area (Å²) in [5.41, 5.74) is 1.40. The number of hydrogen-bond donors (Lipinski definition) is 1. The van der Waals surface area contributed by atoms with Crippen molar-refractivity contribution in [2.45, 2.75) is 27.2 Å². The predicted molar refractivity (Wildman–Crippen MR) is 79.6 cm³/mol. The summed E-state index contributed by atoms with van der Waals surface area (Å²) in [7, 11) is 0. The van der Waals surface area contributed by atoms with Crippen LogP contribution in [0.3, 0.4) is 0 Å². The first-order valence-corrected chi connectivity index (χ1v) is 7.12. The number of rotatable bonds is 2. The molecule has 1 N–H and O–H groups in total. The first-order valence-electron chi connectivity index (χ1n) is 7.12. The van der Waals surface area contributed by atoms with Crippen LogP contribution in [0.15, 0.2) is 24.3 Å². The molecule has 108 valence electrons. The average molecular weight is 274 g/mol. The Morgan fingerprint density at radius 1 is 1.10 bits per heavy atom. The van der Waals surface area contributed by atoms with E-state index in [1.807, 2.05) is 4.90 Å². The summed E-state index contributed by atoms with van der Waals surface area (Å²) in [6, 6.07) is 7.09. The Hall–Kier alpha value is -1.84. The molecule has 0 saturated carbocycles. The SMILES string of the molecule is CC(=O)Nc1ccc(C(=O)N2C[C@H](C)C[C@@H](C)C2)cc1. The van der Waals surface area contributed by atoms with Crippen molar-refractivity contribution in [1.82, 2.24) is 4.90 Å². The molecule has 2 atom stereocenters. The molecule has 2 rings (SSSR count). The van der Waals surface area contributed by atoms with E-state index in [1.165, 1.54) is 13.3 Å². The van der Waals surface area contributed by atoms with Gasteiger partial charge in [0.25, 0.3) is 5.91 Å². The fourth-order valence-electron chi connectivity index (χ4n) is 2.91. The van der Waals surface area contributed by atoms with Crippen molar-refractivity contribution in [2.75, 3.05) is 18.4 Å². The topological polar surface area (TPSA) is 49.4 Å². The quantitative estimate of drug-likeness (QED) is 0.901. The lowest BCUT2D eigenvalue weighted by Crippen LogP contribution is -2.42. The lowest BCUT2D eigenvalue weighted by atomic mass is 9.91. The van der Waals surface area contributed by atoms with E-state index in [-0.39, 0.29) is 11.8 Å². The van der Waals surface area contributed by atoms with Crippen molar-refractivity contribution < 1.29 is 9.59 Å². The van der Waals surface area contributed by atoms with E-state index in [0.717, 1.165) is 18.8 Å². The molecule has 4 heteroatoms. The summed E-state index contributed by atoms with van der Waals surface area (Å²) in [5, 5.41) is 2.70. The summed E-state index contributed by atoms with van der Waals surface area (Å²) in [6.45, 7) is 7.51. The highest BCUT2D eigenvalue weighted by atomic mass is 16.2. The van der Waals surface area contributed by atoms with Gasteiger partial charge in [-0.3, -0.25) is 9.59 Å². The van der Waals surface area contributed by atoms with Gasteiger partial charge in [-0.2, -0.15) is 0 Å². The molecular weight excluding hydrogens is 252 g/mol. The van der Waals surface area contributed by atoms with Gasteiger partial charge in [-0.25, -0.2) is 0 Å². The van der Waals surface area contributed by atoms with Crippen molar-refractivity contribution in [3.8, 4) is 0 Å². The molecule has 1 aromatic rings. The van der Waals surface area contributed by atoms with Gasteiger partial charge < -0.3 is 10.2 Å². The lowest BCUT2D eigenvalue weighted by Gasteiger charge is -2.35. The third-order valence-corrected chi connectivity index (χ3v) is 3.61. The molecule has 0 spiro atoms. The Morgan fingerprint density at radius 3 is 2.15 bits per heavy atom. The first-order chi connectivity index (χ1) is 9.45. The molecule has 0 radical (unpaired) electrons. The van der Waals surface area contributed by atoms with Crippen LogP contribution in [0, 0.1) is 11.8 Å². The molecule has 20 heavy (non-hydrogen) atoms. The van der Waals surface area contributed by atoms with Gasteiger partial charge in [0.05, 0.1) is 0 Å². The largest absolute Gasteiger partial charge is 0.338 e. The number of piperidine rings is 1. The fourth-order valence-corrected chi connectivity index (χ4v) is 2.91. The van der Waals surface area contributed by atoms with Gasteiger partial charge >= 0.3 is 0 Å². The molecule has 0 unspecified atom stereocenters. The smallest absolute Gasteiger partial charge is 0.253 e. The highest BCUT2D eigenvalue weighted by molar-refractivity contribution is 5.95. The number of nitrogens with zero attached hydrogens (tertiary/aromatic N) is 1. The van der Waals surface area contributed by atoms with Gasteiger partial charge in [-0.15, -0.1) is 0 Å². The second-order valence-electron chi connectivity index (χ2n) is 5.91. The van der Waals surface area contributed by atoms with Crippen molar-refractivity contribution in [3.05, 3.63) is 29.8 Å². The van der Waals surface area contributed by atoms with Gasteiger partial charge in [0.1, 0.15) is 0 Å². The zero-order valence-corrected chi connectivity index (χ0v) is 12.3. The molecule has 0 aromatic heterocycles. The van der Waals surface area contributed by atoms with Gasteiger partial charge in [-0.05, 0) is 42.5 Å². The maximum absolute atomic E-state index is 12.5. The standard InChI is InChI=1S/C16H22N2O2/c1-11-8-12(2)10-18(9-11)16(20)14-4-6-15(7-5-14)17-13(3)19/h4-7,11-12H,8-10H2,1-3H3,(H,17,19)/t11-,12-/m1/s1. The van der Waals surface area contributed by atoms with E-state index in [1.54, 1.807) is 24.3 Å². The molecule has 1 aliphatic heterocycles. The van der Waals surface area contributed by atoms with Gasteiger partial charge in [-0.1, -0.05) is 13.8 Å². The Morgan fingerprint density at radius 2 is 1.65 bits per heavy atom. The van der Waals surface area contributed by atoms with Gasteiger partial charge in [0, 0.05) is 31.3 Å². The summed E-state index contributed by atoms with van der Waals surface area (Å²) in [5.74, 6) is 1.09. The maximum atomic E-state index is 12.5. The first kappa shape index (κ1) is 14.6.